The van der Waals surface area contributed by atoms with Crippen molar-refractivity contribution in [2.75, 3.05) is 0 Å². The quantitative estimate of drug-likeness (QED) is 0.378. The largest absolute Gasteiger partial charge is 1.00 e. The molecule has 222 valence electrons. The number of rotatable bonds is 4. The first-order valence-electron chi connectivity index (χ1n) is 15.2. The van der Waals surface area contributed by atoms with Crippen molar-refractivity contribution in [2.24, 2.45) is 11.8 Å². The third kappa shape index (κ3) is 6.60. The Balaban J connectivity index is 0.00000242. The van der Waals surface area contributed by atoms with Gasteiger partial charge in [0.1, 0.15) is 0 Å². The van der Waals surface area contributed by atoms with E-state index in [-0.39, 0.29) is 35.6 Å². The zero-order chi connectivity index (χ0) is 29.1. The first-order chi connectivity index (χ1) is 18.7. The van der Waals surface area contributed by atoms with Crippen LogP contribution < -0.4 is 24.8 Å². The molecule has 3 aromatic carbocycles. The Hall–Kier alpha value is -1.53. The summed E-state index contributed by atoms with van der Waals surface area (Å²) < 4.78 is 5.05. The van der Waals surface area contributed by atoms with E-state index in [1.54, 1.807) is 25.6 Å². The molecule has 0 spiro atoms. The van der Waals surface area contributed by atoms with Crippen molar-refractivity contribution in [3.8, 4) is 11.1 Å². The third-order valence-electron chi connectivity index (χ3n) is 9.11. The van der Waals surface area contributed by atoms with Gasteiger partial charge in [0.15, 0.2) is 0 Å². The molecule has 0 nitrogen and oxygen atoms in total. The fourth-order valence-corrected chi connectivity index (χ4v) is 15.4. The van der Waals surface area contributed by atoms with Gasteiger partial charge in [0.05, 0.1) is 0 Å². The molecular weight excluding hydrogens is 631 g/mol. The van der Waals surface area contributed by atoms with Gasteiger partial charge in [-0.25, -0.2) is 0 Å². The van der Waals surface area contributed by atoms with E-state index in [2.05, 4.69) is 147 Å². The number of fused-ring (bicyclic) bond motifs is 3. The second-order valence-corrected chi connectivity index (χ2v) is 20.3. The molecule has 1 atom stereocenters. The zero-order valence-electron chi connectivity index (χ0n) is 27.4. The molecule has 42 heavy (non-hydrogen) atoms. The van der Waals surface area contributed by atoms with Gasteiger partial charge in [0, 0.05) is 0 Å². The fourth-order valence-electron chi connectivity index (χ4n) is 6.77. The Morgan fingerprint density at radius 2 is 1.19 bits per heavy atom. The van der Waals surface area contributed by atoms with Gasteiger partial charge in [-0.15, -0.1) is 0 Å². The Kier molecular flexibility index (Phi) is 10.7. The van der Waals surface area contributed by atoms with E-state index in [4.69, 9.17) is 0 Å². The molecule has 3 heteroatoms. The van der Waals surface area contributed by atoms with Crippen LogP contribution in [0, 0.1) is 18.8 Å². The molecule has 0 aliphatic heterocycles. The van der Waals surface area contributed by atoms with Gasteiger partial charge < -0.3 is 24.8 Å². The van der Waals surface area contributed by atoms with Gasteiger partial charge in [0.25, 0.3) is 0 Å². The topological polar surface area (TPSA) is 0 Å². The second kappa shape index (κ2) is 12.8. The summed E-state index contributed by atoms with van der Waals surface area (Å²) in [6, 6.07) is 24.1. The summed E-state index contributed by atoms with van der Waals surface area (Å²) in [6.45, 7) is 25.9. The van der Waals surface area contributed by atoms with Gasteiger partial charge in [-0.2, -0.15) is 0 Å². The smallest absolute Gasteiger partial charge is 1.00 e. The van der Waals surface area contributed by atoms with Crippen LogP contribution in [0.4, 0.5) is 0 Å². The molecule has 0 saturated carbocycles. The summed E-state index contributed by atoms with van der Waals surface area (Å²) in [5.74, 6) is 1.07. The summed E-state index contributed by atoms with van der Waals surface area (Å²) >= 11 is -2.52. The van der Waals surface area contributed by atoms with Gasteiger partial charge >= 0.3 is 253 Å². The predicted molar refractivity (Wildman–Crippen MR) is 172 cm³/mol. The van der Waals surface area contributed by atoms with E-state index in [1.807, 2.05) is 0 Å². The average molecular weight is 679 g/mol. The molecular formula is C39H48Cl2Zr. The molecule has 0 heterocycles. The summed E-state index contributed by atoms with van der Waals surface area (Å²) in [6.07, 6.45) is 2.59. The standard InChI is InChI=1S/C21H25.C10H15.C8H8.2ClH.Zr/c1-20(2,3)16-7-9-18-14(12-16)11-15-13-17(21(4,5)6)8-10-19(15)18;1-7(2)10-6-8(3)5-9(10)4;1-7-3-5-8(2)6-4-7;;;/h7-13H,1-6H3;6-8H,1-4H3;1,3-6H,2H3;2*1H;/q;;;;;+2/p-2. The maximum atomic E-state index is 2.78. The Labute approximate surface area is 276 Å². The van der Waals surface area contributed by atoms with E-state index >= 15 is 0 Å². The van der Waals surface area contributed by atoms with Crippen molar-refractivity contribution in [1.82, 2.24) is 0 Å². The monoisotopic (exact) mass is 676 g/mol. The molecule has 3 aromatic rings. The minimum Gasteiger partial charge on any atom is -1.00 e. The molecule has 0 saturated heterocycles. The SMILES string of the molecule is CC1=[C](/[Zr+2](=[CH]\c2ccc(C)cc2)[CH]2c3cc(C(C)(C)C)ccc3-c3ccc(C(C)(C)C)cc32)C(C)C=C1C(C)C.[Cl-].[Cl-]. The molecule has 0 fully saturated rings. The Morgan fingerprint density at radius 1 is 0.714 bits per heavy atom. The first kappa shape index (κ1) is 35.0. The van der Waals surface area contributed by atoms with Crippen LogP contribution in [0.25, 0.3) is 11.1 Å². The van der Waals surface area contributed by atoms with Crippen LogP contribution in [-0.4, -0.2) is 3.71 Å². The molecule has 0 bridgehead atoms. The summed E-state index contributed by atoms with van der Waals surface area (Å²) in [4.78, 5) is 0. The molecule has 0 amide bonds. The van der Waals surface area contributed by atoms with Crippen molar-refractivity contribution in [2.45, 2.75) is 90.6 Å². The number of allylic oxidation sites excluding steroid dienone is 4. The van der Waals surface area contributed by atoms with E-state index < -0.39 is 21.3 Å². The van der Waals surface area contributed by atoms with Crippen LogP contribution in [0.3, 0.4) is 0 Å². The molecule has 0 radical (unpaired) electrons. The van der Waals surface area contributed by atoms with Crippen molar-refractivity contribution in [3.05, 3.63) is 115 Å². The fraction of sp³-hybridized carbons (Fsp3) is 0.410. The van der Waals surface area contributed by atoms with Crippen molar-refractivity contribution in [3.63, 3.8) is 0 Å². The van der Waals surface area contributed by atoms with Crippen LogP contribution in [0.15, 0.2) is 81.2 Å². The predicted octanol–water partition coefficient (Wildman–Crippen LogP) is 4.64. The van der Waals surface area contributed by atoms with Crippen LogP contribution in [-0.2, 0) is 32.1 Å². The van der Waals surface area contributed by atoms with Crippen molar-refractivity contribution < 1.29 is 46.1 Å². The molecule has 1 unspecified atom stereocenters. The van der Waals surface area contributed by atoms with E-state index in [0.29, 0.717) is 15.5 Å². The van der Waals surface area contributed by atoms with Gasteiger partial charge in [-0.1, -0.05) is 0 Å². The van der Waals surface area contributed by atoms with E-state index in [0.717, 1.165) is 0 Å². The van der Waals surface area contributed by atoms with Crippen molar-refractivity contribution in [1.29, 1.82) is 0 Å². The normalized spacial score (nSPS) is 16.7. The Bertz CT molecular complexity index is 1490. The second-order valence-electron chi connectivity index (χ2n) is 14.7. The number of benzene rings is 3. The van der Waals surface area contributed by atoms with Gasteiger partial charge in [0.2, 0.25) is 0 Å². The molecule has 0 aromatic heterocycles. The van der Waals surface area contributed by atoms with Crippen LogP contribution in [0.1, 0.15) is 106 Å². The third-order valence-corrected chi connectivity index (χ3v) is 17.3. The van der Waals surface area contributed by atoms with Crippen LogP contribution in [0.2, 0.25) is 0 Å². The molecule has 5 rings (SSSR count). The Morgan fingerprint density at radius 3 is 1.60 bits per heavy atom. The number of halogens is 2. The van der Waals surface area contributed by atoms with E-state index in [9.17, 15) is 0 Å². The maximum Gasteiger partial charge on any atom is -1.00 e. The number of hydrogen-bond donors (Lipinski definition) is 0. The number of hydrogen-bond acceptors (Lipinski definition) is 0. The van der Waals surface area contributed by atoms with Gasteiger partial charge in [-0.05, 0) is 0 Å². The van der Waals surface area contributed by atoms with Gasteiger partial charge in [-0.3, -0.25) is 0 Å². The molecule has 0 N–H and O–H groups in total. The zero-order valence-corrected chi connectivity index (χ0v) is 31.4. The summed E-state index contributed by atoms with van der Waals surface area (Å²) in [7, 11) is 0. The minimum atomic E-state index is -2.52. The molecule has 2 aliphatic rings. The maximum absolute atomic E-state index is 2.78. The first-order valence-corrected chi connectivity index (χ1v) is 19.2. The molecule has 2 aliphatic carbocycles. The summed E-state index contributed by atoms with van der Waals surface area (Å²) in [5, 5.41) is 0. The van der Waals surface area contributed by atoms with E-state index in [1.165, 1.54) is 33.4 Å². The number of aryl methyl sites for hydroxylation is 1. The van der Waals surface area contributed by atoms with Crippen LogP contribution in [0.5, 0.6) is 0 Å². The summed E-state index contributed by atoms with van der Waals surface area (Å²) in [5.41, 5.74) is 15.1. The van der Waals surface area contributed by atoms with Crippen molar-refractivity contribution >= 4 is 3.71 Å². The van der Waals surface area contributed by atoms with Crippen LogP contribution >= 0.6 is 0 Å². The average Bonchev–Trinajstić information content (AvgIpc) is 3.35. The minimum absolute atomic E-state index is 0.